The van der Waals surface area contributed by atoms with E-state index >= 15 is 0 Å². The molecule has 0 aliphatic heterocycles. The smallest absolute Gasteiger partial charge is 0.255 e. The summed E-state index contributed by atoms with van der Waals surface area (Å²) in [7, 11) is 0. The lowest BCUT2D eigenvalue weighted by Gasteiger charge is -2.17. The van der Waals surface area contributed by atoms with E-state index in [-0.39, 0.29) is 11.9 Å². The Morgan fingerprint density at radius 2 is 2.29 bits per heavy atom. The van der Waals surface area contributed by atoms with Crippen LogP contribution in [0.25, 0.3) is 0 Å². The molecule has 0 bridgehead atoms. The number of hydrogen-bond acceptors (Lipinski definition) is 4. The molecule has 1 rings (SSSR count). The maximum Gasteiger partial charge on any atom is 0.255 e. The highest BCUT2D eigenvalue weighted by molar-refractivity contribution is 5.99. The van der Waals surface area contributed by atoms with E-state index in [1.54, 1.807) is 12.3 Å². The Hall–Kier alpha value is -1.62. The Morgan fingerprint density at radius 3 is 2.88 bits per heavy atom. The predicted octanol–water partition coefficient (Wildman–Crippen LogP) is 1.68. The van der Waals surface area contributed by atoms with Crippen molar-refractivity contribution in [3.8, 4) is 0 Å². The summed E-state index contributed by atoms with van der Waals surface area (Å²) < 4.78 is 0. The van der Waals surface area contributed by atoms with Crippen LogP contribution >= 0.6 is 0 Å². The van der Waals surface area contributed by atoms with Crippen LogP contribution < -0.4 is 16.6 Å². The van der Waals surface area contributed by atoms with Crippen molar-refractivity contribution < 1.29 is 4.79 Å². The van der Waals surface area contributed by atoms with Crippen LogP contribution in [0.4, 0.5) is 5.69 Å². The number of anilines is 1. The maximum atomic E-state index is 12.0. The molecule has 1 aromatic heterocycles. The Labute approximate surface area is 102 Å². The first kappa shape index (κ1) is 13.4. The van der Waals surface area contributed by atoms with E-state index in [0.717, 1.165) is 19.3 Å². The molecule has 0 aliphatic carbocycles. The lowest BCUT2D eigenvalue weighted by atomic mass is 10.1. The fourth-order valence-corrected chi connectivity index (χ4v) is 1.69. The van der Waals surface area contributed by atoms with Gasteiger partial charge >= 0.3 is 0 Å². The van der Waals surface area contributed by atoms with Crippen LogP contribution in [0.15, 0.2) is 18.5 Å². The first-order valence-electron chi connectivity index (χ1n) is 5.94. The third kappa shape index (κ3) is 3.71. The molecule has 0 fully saturated rings. The fourth-order valence-electron chi connectivity index (χ4n) is 1.69. The van der Waals surface area contributed by atoms with Gasteiger partial charge in [-0.05, 0) is 18.9 Å². The molecule has 5 heteroatoms. The molecule has 0 aliphatic rings. The zero-order chi connectivity index (χ0) is 12.7. The number of pyridine rings is 1. The summed E-state index contributed by atoms with van der Waals surface area (Å²) in [4.78, 5) is 16.0. The lowest BCUT2D eigenvalue weighted by molar-refractivity contribution is 0.0934. The van der Waals surface area contributed by atoms with Gasteiger partial charge in [0.05, 0.1) is 11.3 Å². The first-order valence-corrected chi connectivity index (χ1v) is 5.94. The van der Waals surface area contributed by atoms with E-state index in [1.165, 1.54) is 6.20 Å². The molecule has 0 spiro atoms. The third-order valence-electron chi connectivity index (χ3n) is 2.69. The lowest BCUT2D eigenvalue weighted by Crippen LogP contribution is -2.35. The van der Waals surface area contributed by atoms with Crippen molar-refractivity contribution in [1.29, 1.82) is 0 Å². The number of carbonyl (C=O) groups excluding carboxylic acids is 1. The quantitative estimate of drug-likeness (QED) is 0.518. The predicted molar refractivity (Wildman–Crippen MR) is 68.5 cm³/mol. The van der Waals surface area contributed by atoms with Crippen molar-refractivity contribution >= 4 is 11.6 Å². The molecule has 1 aromatic rings. The second-order valence-electron chi connectivity index (χ2n) is 3.93. The molecule has 17 heavy (non-hydrogen) atoms. The average Bonchev–Trinajstić information content (AvgIpc) is 2.38. The number of rotatable bonds is 6. The van der Waals surface area contributed by atoms with Gasteiger partial charge < -0.3 is 10.7 Å². The molecule has 1 unspecified atom stereocenters. The average molecular weight is 236 g/mol. The van der Waals surface area contributed by atoms with E-state index in [1.807, 2.05) is 0 Å². The Bertz CT molecular complexity index is 367. The number of aromatic nitrogens is 1. The summed E-state index contributed by atoms with van der Waals surface area (Å²) in [6.45, 7) is 4.16. The summed E-state index contributed by atoms with van der Waals surface area (Å²) in [5.74, 6) is 5.22. The molecule has 4 N–H and O–H groups in total. The second-order valence-corrected chi connectivity index (χ2v) is 3.93. The zero-order valence-electron chi connectivity index (χ0n) is 10.4. The van der Waals surface area contributed by atoms with E-state index in [2.05, 4.69) is 29.6 Å². The van der Waals surface area contributed by atoms with Gasteiger partial charge in [0, 0.05) is 18.4 Å². The molecular weight excluding hydrogens is 216 g/mol. The summed E-state index contributed by atoms with van der Waals surface area (Å²) in [6.07, 6.45) is 6.06. The molecular formula is C12H20N4O. The van der Waals surface area contributed by atoms with Crippen molar-refractivity contribution in [2.75, 3.05) is 5.43 Å². The van der Waals surface area contributed by atoms with Gasteiger partial charge in [-0.25, -0.2) is 0 Å². The third-order valence-corrected chi connectivity index (χ3v) is 2.69. The first-order chi connectivity index (χ1) is 8.22. The summed E-state index contributed by atoms with van der Waals surface area (Å²) in [5, 5.41) is 2.98. The highest BCUT2D eigenvalue weighted by atomic mass is 16.1. The van der Waals surface area contributed by atoms with Crippen LogP contribution in [0, 0.1) is 0 Å². The summed E-state index contributed by atoms with van der Waals surface area (Å²) in [5.41, 5.74) is 3.56. The summed E-state index contributed by atoms with van der Waals surface area (Å²) >= 11 is 0. The number of carbonyl (C=O) groups is 1. The van der Waals surface area contributed by atoms with Gasteiger partial charge in [-0.1, -0.05) is 20.3 Å². The molecule has 94 valence electrons. The van der Waals surface area contributed by atoms with Gasteiger partial charge in [0.15, 0.2) is 0 Å². The Balaban J connectivity index is 2.75. The van der Waals surface area contributed by atoms with Crippen LogP contribution in [-0.4, -0.2) is 16.9 Å². The second kappa shape index (κ2) is 6.85. The maximum absolute atomic E-state index is 12.0. The monoisotopic (exact) mass is 236 g/mol. The minimum atomic E-state index is -0.133. The fraction of sp³-hybridized carbons (Fsp3) is 0.500. The number of hydrazine groups is 1. The van der Waals surface area contributed by atoms with Gasteiger partial charge in [0.25, 0.3) is 5.91 Å². The summed E-state index contributed by atoms with van der Waals surface area (Å²) in [6, 6.07) is 1.88. The van der Waals surface area contributed by atoms with Crippen molar-refractivity contribution in [2.45, 2.75) is 39.2 Å². The minimum absolute atomic E-state index is 0.133. The van der Waals surface area contributed by atoms with Crippen molar-refractivity contribution in [3.63, 3.8) is 0 Å². The molecule has 0 saturated heterocycles. The highest BCUT2D eigenvalue weighted by Gasteiger charge is 2.14. The molecule has 1 amide bonds. The van der Waals surface area contributed by atoms with E-state index < -0.39 is 0 Å². The van der Waals surface area contributed by atoms with Crippen molar-refractivity contribution in [3.05, 3.63) is 24.0 Å². The van der Waals surface area contributed by atoms with Crippen LogP contribution in [0.2, 0.25) is 0 Å². The number of amides is 1. The Morgan fingerprint density at radius 1 is 1.53 bits per heavy atom. The van der Waals surface area contributed by atoms with Crippen molar-refractivity contribution in [2.24, 2.45) is 5.84 Å². The van der Waals surface area contributed by atoms with Gasteiger partial charge in [-0.2, -0.15) is 0 Å². The molecule has 0 saturated carbocycles. The van der Waals surface area contributed by atoms with Gasteiger partial charge in [-0.3, -0.25) is 15.6 Å². The molecule has 0 radical (unpaired) electrons. The normalized spacial score (nSPS) is 11.9. The topological polar surface area (TPSA) is 80.0 Å². The zero-order valence-corrected chi connectivity index (χ0v) is 10.4. The number of nitrogen functional groups attached to an aromatic ring is 1. The van der Waals surface area contributed by atoms with Crippen LogP contribution in [0.5, 0.6) is 0 Å². The number of nitrogens with zero attached hydrogens (tertiary/aromatic N) is 1. The van der Waals surface area contributed by atoms with Gasteiger partial charge in [0.2, 0.25) is 0 Å². The molecule has 1 atom stereocenters. The SMILES string of the molecule is CCCC(CC)NC(=O)c1cnccc1NN. The standard InChI is InChI=1S/C12H20N4O/c1-3-5-9(4-2)15-12(17)10-8-14-7-6-11(10)16-13/h6-9H,3-5,13H2,1-2H3,(H,14,16)(H,15,17). The minimum Gasteiger partial charge on any atom is -0.349 e. The van der Waals surface area contributed by atoms with Gasteiger partial charge in [0.1, 0.15) is 0 Å². The highest BCUT2D eigenvalue weighted by Crippen LogP contribution is 2.12. The number of hydrogen-bond donors (Lipinski definition) is 3. The van der Waals surface area contributed by atoms with E-state index in [0.29, 0.717) is 11.3 Å². The van der Waals surface area contributed by atoms with Crippen molar-refractivity contribution in [1.82, 2.24) is 10.3 Å². The largest absolute Gasteiger partial charge is 0.349 e. The van der Waals surface area contributed by atoms with E-state index in [9.17, 15) is 4.79 Å². The number of nitrogens with one attached hydrogen (secondary N) is 2. The van der Waals surface area contributed by atoms with Crippen LogP contribution in [0.3, 0.4) is 0 Å². The Kier molecular flexibility index (Phi) is 5.42. The van der Waals surface area contributed by atoms with Crippen LogP contribution in [0.1, 0.15) is 43.5 Å². The molecule has 1 heterocycles. The van der Waals surface area contributed by atoms with E-state index in [4.69, 9.17) is 5.84 Å². The number of nitrogens with two attached hydrogens (primary N) is 1. The van der Waals surface area contributed by atoms with Crippen LogP contribution in [-0.2, 0) is 0 Å². The van der Waals surface area contributed by atoms with Gasteiger partial charge in [-0.15, -0.1) is 0 Å². The molecule has 0 aromatic carbocycles. The molecule has 5 nitrogen and oxygen atoms in total.